The van der Waals surface area contributed by atoms with Crippen molar-refractivity contribution in [3.8, 4) is 0 Å². The molecule has 0 atom stereocenters. The summed E-state index contributed by atoms with van der Waals surface area (Å²) in [6.45, 7) is 10.7. The zero-order valence-corrected chi connectivity index (χ0v) is 12.2. The molecule has 4 heteroatoms. The molecule has 0 saturated heterocycles. The van der Waals surface area contributed by atoms with Crippen LogP contribution in [0.5, 0.6) is 0 Å². The van der Waals surface area contributed by atoms with Crippen LogP contribution in [-0.4, -0.2) is 15.2 Å². The first-order valence-corrected chi connectivity index (χ1v) is 6.68. The molecular weight excluding hydrogens is 272 g/mol. The van der Waals surface area contributed by atoms with Gasteiger partial charge in [-0.15, -0.1) is 11.8 Å². The Morgan fingerprint density at radius 3 is 2.33 bits per heavy atom. The molecule has 0 radical (unpaired) electrons. The topological polar surface area (TPSA) is 25.8 Å². The summed E-state index contributed by atoms with van der Waals surface area (Å²) in [5, 5.41) is 1.58. The molecule has 1 aromatic rings. The predicted octanol–water partition coefficient (Wildman–Crippen LogP) is 4.04. The smallest absolute Gasteiger partial charge is 0.136 e. The van der Waals surface area contributed by atoms with Crippen LogP contribution in [0.15, 0.2) is 15.7 Å². The Hall–Kier alpha value is -0.0900. The number of hydrogen-bond donors (Lipinski definition) is 0. The van der Waals surface area contributed by atoms with E-state index in [2.05, 4.69) is 60.5 Å². The maximum atomic E-state index is 4.57. The van der Waals surface area contributed by atoms with Gasteiger partial charge in [0.1, 0.15) is 15.5 Å². The molecule has 0 unspecified atom stereocenters. The highest BCUT2D eigenvalue weighted by molar-refractivity contribution is 9.10. The Bertz CT molecular complexity index is 345. The molecule has 15 heavy (non-hydrogen) atoms. The van der Waals surface area contributed by atoms with Crippen molar-refractivity contribution in [3.05, 3.63) is 16.5 Å². The van der Waals surface area contributed by atoms with Crippen molar-refractivity contribution in [1.29, 1.82) is 0 Å². The minimum atomic E-state index is -0.00390. The van der Waals surface area contributed by atoms with Gasteiger partial charge in [-0.25, -0.2) is 9.97 Å². The van der Waals surface area contributed by atoms with Crippen LogP contribution < -0.4 is 0 Å². The minimum absolute atomic E-state index is 0.00390. The van der Waals surface area contributed by atoms with E-state index in [0.717, 1.165) is 15.5 Å². The average molecular weight is 289 g/mol. The second-order valence-corrected chi connectivity index (χ2v) is 7.18. The molecule has 0 aromatic carbocycles. The predicted molar refractivity (Wildman–Crippen MR) is 69.4 cm³/mol. The normalized spacial score (nSPS) is 12.2. The van der Waals surface area contributed by atoms with Gasteiger partial charge in [0, 0.05) is 16.7 Å². The lowest BCUT2D eigenvalue weighted by atomic mass is 9.96. The van der Waals surface area contributed by atoms with Gasteiger partial charge in [-0.3, -0.25) is 0 Å². The molecule has 0 bridgehead atoms. The summed E-state index contributed by atoms with van der Waals surface area (Å²) < 4.78 is 0.866. The highest BCUT2D eigenvalue weighted by atomic mass is 79.9. The number of hydrogen-bond acceptors (Lipinski definition) is 3. The summed E-state index contributed by atoms with van der Waals surface area (Å²) in [5.74, 6) is 0.889. The number of thioether (sulfide) groups is 1. The maximum absolute atomic E-state index is 4.57. The standard InChI is InChI=1S/C11H17BrN2S/c1-7(2)15-9-6-8(12)13-10(14-9)11(3,4)5/h6-7H,1-5H3. The Morgan fingerprint density at radius 2 is 1.87 bits per heavy atom. The zero-order chi connectivity index (χ0) is 11.6. The van der Waals surface area contributed by atoms with Crippen LogP contribution in [0.1, 0.15) is 40.4 Å². The first kappa shape index (κ1) is 13.0. The van der Waals surface area contributed by atoms with Crippen molar-refractivity contribution in [2.45, 2.75) is 50.3 Å². The molecule has 0 aliphatic rings. The summed E-state index contributed by atoms with van der Waals surface area (Å²) >= 11 is 5.19. The van der Waals surface area contributed by atoms with Gasteiger partial charge in [-0.1, -0.05) is 34.6 Å². The van der Waals surface area contributed by atoms with E-state index in [9.17, 15) is 0 Å². The van der Waals surface area contributed by atoms with Crippen molar-refractivity contribution in [1.82, 2.24) is 9.97 Å². The summed E-state index contributed by atoms with van der Waals surface area (Å²) in [5.41, 5.74) is -0.00390. The number of nitrogens with zero attached hydrogens (tertiary/aromatic N) is 2. The summed E-state index contributed by atoms with van der Waals surface area (Å²) in [6.07, 6.45) is 0. The van der Waals surface area contributed by atoms with E-state index >= 15 is 0 Å². The van der Waals surface area contributed by atoms with Gasteiger partial charge in [0.2, 0.25) is 0 Å². The molecule has 0 amide bonds. The molecule has 1 aromatic heterocycles. The van der Waals surface area contributed by atoms with Crippen LogP contribution >= 0.6 is 27.7 Å². The lowest BCUT2D eigenvalue weighted by molar-refractivity contribution is 0.536. The monoisotopic (exact) mass is 288 g/mol. The second-order valence-electron chi connectivity index (χ2n) is 4.77. The summed E-state index contributed by atoms with van der Waals surface area (Å²) in [4.78, 5) is 8.97. The highest BCUT2D eigenvalue weighted by Crippen LogP contribution is 2.27. The largest absolute Gasteiger partial charge is 0.226 e. The first-order chi connectivity index (χ1) is 6.79. The zero-order valence-electron chi connectivity index (χ0n) is 9.84. The molecule has 0 aliphatic heterocycles. The Kier molecular flexibility index (Phi) is 4.18. The third-order valence-electron chi connectivity index (χ3n) is 1.70. The molecule has 0 fully saturated rings. The lowest BCUT2D eigenvalue weighted by Gasteiger charge is -2.17. The van der Waals surface area contributed by atoms with E-state index in [1.807, 2.05) is 6.07 Å². The Labute approximate surface area is 104 Å². The van der Waals surface area contributed by atoms with E-state index in [1.165, 1.54) is 0 Å². The van der Waals surface area contributed by atoms with Gasteiger partial charge in [0.25, 0.3) is 0 Å². The van der Waals surface area contributed by atoms with E-state index in [4.69, 9.17) is 0 Å². The van der Waals surface area contributed by atoms with Gasteiger partial charge in [-0.05, 0) is 15.9 Å². The molecule has 2 nitrogen and oxygen atoms in total. The molecule has 1 heterocycles. The Morgan fingerprint density at radius 1 is 1.27 bits per heavy atom. The van der Waals surface area contributed by atoms with Crippen LogP contribution in [-0.2, 0) is 5.41 Å². The lowest BCUT2D eigenvalue weighted by Crippen LogP contribution is -2.16. The average Bonchev–Trinajstić information content (AvgIpc) is 1.99. The fourth-order valence-electron chi connectivity index (χ4n) is 1.03. The Balaban J connectivity index is 3.06. The molecule has 0 N–H and O–H groups in total. The SMILES string of the molecule is CC(C)Sc1cc(Br)nc(C(C)(C)C)n1. The van der Waals surface area contributed by atoms with E-state index in [0.29, 0.717) is 5.25 Å². The van der Waals surface area contributed by atoms with Crippen LogP contribution in [0.2, 0.25) is 0 Å². The van der Waals surface area contributed by atoms with Crippen molar-refractivity contribution in [3.63, 3.8) is 0 Å². The van der Waals surface area contributed by atoms with Gasteiger partial charge >= 0.3 is 0 Å². The van der Waals surface area contributed by atoms with Crippen molar-refractivity contribution >= 4 is 27.7 Å². The number of aromatic nitrogens is 2. The molecule has 84 valence electrons. The van der Waals surface area contributed by atoms with E-state index < -0.39 is 0 Å². The van der Waals surface area contributed by atoms with Crippen molar-refractivity contribution in [2.75, 3.05) is 0 Å². The van der Waals surface area contributed by atoms with Crippen molar-refractivity contribution in [2.24, 2.45) is 0 Å². The third-order valence-corrected chi connectivity index (χ3v) is 3.03. The quantitative estimate of drug-likeness (QED) is 0.607. The maximum Gasteiger partial charge on any atom is 0.136 e. The summed E-state index contributed by atoms with van der Waals surface area (Å²) in [6, 6.07) is 1.97. The molecule has 1 rings (SSSR count). The van der Waals surface area contributed by atoms with Gasteiger partial charge in [0.05, 0.1) is 0 Å². The van der Waals surface area contributed by atoms with Crippen LogP contribution in [0.4, 0.5) is 0 Å². The van der Waals surface area contributed by atoms with Crippen LogP contribution in [0.3, 0.4) is 0 Å². The fraction of sp³-hybridized carbons (Fsp3) is 0.636. The molecule has 0 aliphatic carbocycles. The van der Waals surface area contributed by atoms with Crippen LogP contribution in [0, 0.1) is 0 Å². The fourth-order valence-corrected chi connectivity index (χ4v) is 2.37. The minimum Gasteiger partial charge on any atom is -0.226 e. The number of halogens is 1. The van der Waals surface area contributed by atoms with Gasteiger partial charge in [0.15, 0.2) is 0 Å². The summed E-state index contributed by atoms with van der Waals surface area (Å²) in [7, 11) is 0. The first-order valence-electron chi connectivity index (χ1n) is 5.01. The highest BCUT2D eigenvalue weighted by Gasteiger charge is 2.18. The molecular formula is C11H17BrN2S. The van der Waals surface area contributed by atoms with Gasteiger partial charge in [-0.2, -0.15) is 0 Å². The molecule has 0 spiro atoms. The third kappa shape index (κ3) is 4.11. The number of rotatable bonds is 2. The van der Waals surface area contributed by atoms with Crippen molar-refractivity contribution < 1.29 is 0 Å². The molecule has 0 saturated carbocycles. The second kappa shape index (κ2) is 4.83. The van der Waals surface area contributed by atoms with Gasteiger partial charge < -0.3 is 0 Å². The van der Waals surface area contributed by atoms with E-state index in [1.54, 1.807) is 11.8 Å². The van der Waals surface area contributed by atoms with E-state index in [-0.39, 0.29) is 5.41 Å². The van der Waals surface area contributed by atoms with Crippen LogP contribution in [0.25, 0.3) is 0 Å².